The summed E-state index contributed by atoms with van der Waals surface area (Å²) in [4.78, 5) is 11.8. The van der Waals surface area contributed by atoms with Crippen molar-refractivity contribution in [2.24, 2.45) is 11.3 Å². The molecule has 2 aliphatic rings. The van der Waals surface area contributed by atoms with E-state index in [0.29, 0.717) is 24.5 Å². The Balaban J connectivity index is 1.75. The zero-order valence-corrected chi connectivity index (χ0v) is 10.2. The molecule has 2 fully saturated rings. The molecule has 1 unspecified atom stereocenters. The molecule has 1 amide bonds. The third-order valence-electron chi connectivity index (χ3n) is 3.95. The minimum absolute atomic E-state index is 0.0409. The van der Waals surface area contributed by atoms with E-state index in [0.717, 1.165) is 13.1 Å². The number of ether oxygens (including phenoxy) is 1. The van der Waals surface area contributed by atoms with Crippen molar-refractivity contribution in [3.63, 3.8) is 0 Å². The van der Waals surface area contributed by atoms with Crippen molar-refractivity contribution in [3.05, 3.63) is 0 Å². The molecule has 1 aliphatic heterocycles. The van der Waals surface area contributed by atoms with Gasteiger partial charge in [-0.3, -0.25) is 4.79 Å². The quantitative estimate of drug-likeness (QED) is 0.735. The predicted octanol–water partition coefficient (Wildman–Crippen LogP) is 0.527. The van der Waals surface area contributed by atoms with Crippen molar-refractivity contribution in [2.45, 2.75) is 32.8 Å². The van der Waals surface area contributed by atoms with Gasteiger partial charge in [0, 0.05) is 19.6 Å². The van der Waals surface area contributed by atoms with Crippen LogP contribution in [0.25, 0.3) is 0 Å². The summed E-state index contributed by atoms with van der Waals surface area (Å²) in [5.41, 5.74) is 0.373. The molecule has 1 saturated heterocycles. The van der Waals surface area contributed by atoms with Crippen LogP contribution >= 0.6 is 0 Å². The zero-order chi connectivity index (χ0) is 11.6. The Morgan fingerprint density at radius 1 is 1.56 bits per heavy atom. The molecule has 1 atom stereocenters. The molecule has 4 heteroatoms. The summed E-state index contributed by atoms with van der Waals surface area (Å²) < 4.78 is 5.41. The Hall–Kier alpha value is -0.610. The lowest BCUT2D eigenvalue weighted by Crippen LogP contribution is -2.49. The monoisotopic (exact) mass is 226 g/mol. The van der Waals surface area contributed by atoms with Crippen LogP contribution < -0.4 is 10.6 Å². The van der Waals surface area contributed by atoms with Crippen LogP contribution in [-0.4, -0.2) is 38.3 Å². The van der Waals surface area contributed by atoms with Gasteiger partial charge in [0.1, 0.15) is 6.10 Å². The molecule has 1 heterocycles. The van der Waals surface area contributed by atoms with Crippen molar-refractivity contribution < 1.29 is 9.53 Å². The molecule has 2 N–H and O–H groups in total. The van der Waals surface area contributed by atoms with Crippen LogP contribution in [0.15, 0.2) is 0 Å². The van der Waals surface area contributed by atoms with Crippen molar-refractivity contribution in [2.75, 3.05) is 26.2 Å². The first-order valence-electron chi connectivity index (χ1n) is 6.24. The summed E-state index contributed by atoms with van der Waals surface area (Å²) in [7, 11) is 0. The highest BCUT2D eigenvalue weighted by Crippen LogP contribution is 2.51. The Morgan fingerprint density at radius 3 is 2.81 bits per heavy atom. The minimum Gasteiger partial charge on any atom is -0.366 e. The highest BCUT2D eigenvalue weighted by atomic mass is 16.5. The fourth-order valence-corrected chi connectivity index (χ4v) is 2.23. The Morgan fingerprint density at radius 2 is 2.31 bits per heavy atom. The molecule has 0 bridgehead atoms. The maximum absolute atomic E-state index is 11.8. The average Bonchev–Trinajstić information content (AvgIpc) is 3.08. The molecule has 0 spiro atoms. The average molecular weight is 226 g/mol. The van der Waals surface area contributed by atoms with Gasteiger partial charge in [-0.2, -0.15) is 0 Å². The number of hydrogen-bond acceptors (Lipinski definition) is 3. The molecule has 4 nitrogen and oxygen atoms in total. The second-order valence-corrected chi connectivity index (χ2v) is 5.30. The number of rotatable bonds is 4. The van der Waals surface area contributed by atoms with Gasteiger partial charge in [0.2, 0.25) is 5.91 Å². The Bertz CT molecular complexity index is 256. The van der Waals surface area contributed by atoms with Crippen molar-refractivity contribution >= 4 is 5.91 Å². The van der Waals surface area contributed by atoms with Crippen LogP contribution in [0.5, 0.6) is 0 Å². The van der Waals surface area contributed by atoms with E-state index >= 15 is 0 Å². The van der Waals surface area contributed by atoms with Gasteiger partial charge in [-0.25, -0.2) is 0 Å². The van der Waals surface area contributed by atoms with Crippen LogP contribution in [-0.2, 0) is 9.53 Å². The van der Waals surface area contributed by atoms with Gasteiger partial charge < -0.3 is 15.4 Å². The smallest absolute Gasteiger partial charge is 0.250 e. The predicted molar refractivity (Wildman–Crippen MR) is 62.1 cm³/mol. The molecular weight excluding hydrogens is 204 g/mol. The van der Waals surface area contributed by atoms with E-state index in [4.69, 9.17) is 4.74 Å². The second-order valence-electron chi connectivity index (χ2n) is 5.30. The van der Waals surface area contributed by atoms with Crippen LogP contribution in [0.4, 0.5) is 0 Å². The van der Waals surface area contributed by atoms with Gasteiger partial charge in [-0.15, -0.1) is 0 Å². The standard InChI is InChI=1S/C12H22N2O2/c1-9(2)12(3-4-12)8-14-11(15)10-7-13-5-6-16-10/h9-10,13H,3-8H2,1-2H3,(H,14,15). The first-order valence-corrected chi connectivity index (χ1v) is 6.24. The number of amides is 1. The number of carbonyl (C=O) groups is 1. The molecule has 0 radical (unpaired) electrons. The third kappa shape index (κ3) is 2.55. The van der Waals surface area contributed by atoms with E-state index in [9.17, 15) is 4.79 Å². The second kappa shape index (κ2) is 4.72. The van der Waals surface area contributed by atoms with E-state index in [-0.39, 0.29) is 12.0 Å². The van der Waals surface area contributed by atoms with Gasteiger partial charge >= 0.3 is 0 Å². The summed E-state index contributed by atoms with van der Waals surface area (Å²) >= 11 is 0. The van der Waals surface area contributed by atoms with Gasteiger partial charge in [0.25, 0.3) is 0 Å². The van der Waals surface area contributed by atoms with E-state index in [1.54, 1.807) is 0 Å². The lowest BCUT2D eigenvalue weighted by Gasteiger charge is -2.25. The molecule has 92 valence electrons. The Labute approximate surface area is 97.1 Å². The Kier molecular flexibility index (Phi) is 3.50. The summed E-state index contributed by atoms with van der Waals surface area (Å²) in [5, 5.41) is 6.20. The van der Waals surface area contributed by atoms with Crippen molar-refractivity contribution in [3.8, 4) is 0 Å². The summed E-state index contributed by atoms with van der Waals surface area (Å²) in [5.74, 6) is 0.692. The lowest BCUT2D eigenvalue weighted by molar-refractivity contribution is -0.134. The van der Waals surface area contributed by atoms with Gasteiger partial charge in [-0.05, 0) is 24.2 Å². The SMILES string of the molecule is CC(C)C1(CNC(=O)C2CNCCO2)CC1. The number of carbonyl (C=O) groups excluding carboxylic acids is 1. The van der Waals surface area contributed by atoms with Crippen molar-refractivity contribution in [1.29, 1.82) is 0 Å². The molecule has 1 saturated carbocycles. The van der Waals surface area contributed by atoms with E-state index in [2.05, 4.69) is 24.5 Å². The van der Waals surface area contributed by atoms with Crippen LogP contribution in [0.2, 0.25) is 0 Å². The van der Waals surface area contributed by atoms with Gasteiger partial charge in [-0.1, -0.05) is 13.8 Å². The van der Waals surface area contributed by atoms with Crippen LogP contribution in [0.3, 0.4) is 0 Å². The highest BCUT2D eigenvalue weighted by Gasteiger charge is 2.45. The first-order chi connectivity index (χ1) is 7.64. The summed E-state index contributed by atoms with van der Waals surface area (Å²) in [6, 6.07) is 0. The topological polar surface area (TPSA) is 50.4 Å². The first kappa shape index (κ1) is 11.9. The maximum atomic E-state index is 11.8. The molecule has 1 aliphatic carbocycles. The third-order valence-corrected chi connectivity index (χ3v) is 3.95. The van der Waals surface area contributed by atoms with E-state index in [1.165, 1.54) is 12.8 Å². The van der Waals surface area contributed by atoms with E-state index in [1.807, 2.05) is 0 Å². The molecule has 0 aromatic heterocycles. The van der Waals surface area contributed by atoms with E-state index < -0.39 is 0 Å². The van der Waals surface area contributed by atoms with Crippen molar-refractivity contribution in [1.82, 2.24) is 10.6 Å². The summed E-state index contributed by atoms with van der Waals surface area (Å²) in [6.07, 6.45) is 2.19. The maximum Gasteiger partial charge on any atom is 0.250 e. The molecule has 16 heavy (non-hydrogen) atoms. The largest absolute Gasteiger partial charge is 0.366 e. The fraction of sp³-hybridized carbons (Fsp3) is 0.917. The number of nitrogens with one attached hydrogen (secondary N) is 2. The molecule has 0 aromatic carbocycles. The van der Waals surface area contributed by atoms with Gasteiger partial charge in [0.05, 0.1) is 6.61 Å². The fourth-order valence-electron chi connectivity index (χ4n) is 2.23. The minimum atomic E-state index is -0.295. The van der Waals surface area contributed by atoms with Crippen LogP contribution in [0, 0.1) is 11.3 Å². The zero-order valence-electron chi connectivity index (χ0n) is 10.2. The molecular formula is C12H22N2O2. The van der Waals surface area contributed by atoms with Gasteiger partial charge in [0.15, 0.2) is 0 Å². The summed E-state index contributed by atoms with van der Waals surface area (Å²) in [6.45, 7) is 7.40. The molecule has 0 aromatic rings. The number of morpholine rings is 1. The number of hydrogen-bond donors (Lipinski definition) is 2. The molecule has 2 rings (SSSR count). The normalized spacial score (nSPS) is 27.8. The highest BCUT2D eigenvalue weighted by molar-refractivity contribution is 5.81. The van der Waals surface area contributed by atoms with Crippen LogP contribution in [0.1, 0.15) is 26.7 Å². The lowest BCUT2D eigenvalue weighted by atomic mass is 9.92.